The highest BCUT2D eigenvalue weighted by Gasteiger charge is 2.37. The molecule has 0 saturated heterocycles. The van der Waals surface area contributed by atoms with Gasteiger partial charge in [-0.1, -0.05) is 41.0 Å². The van der Waals surface area contributed by atoms with E-state index in [2.05, 4.69) is 19.2 Å². The lowest BCUT2D eigenvalue weighted by Crippen LogP contribution is -2.46. The molecular weight excluding hydrogens is 174 g/mol. The molecule has 0 radical (unpaired) electrons. The standard InChI is InChI=1S/C12H23NO/c1-11(2,3)10(14)13-9-7-6-8-12(9,4)5/h9H,6-8H2,1-5H3,(H,13,14). The van der Waals surface area contributed by atoms with Gasteiger partial charge in [0.2, 0.25) is 5.91 Å². The van der Waals surface area contributed by atoms with Crippen LogP contribution in [0.3, 0.4) is 0 Å². The molecule has 1 aliphatic rings. The summed E-state index contributed by atoms with van der Waals surface area (Å²) in [7, 11) is 0. The molecule has 2 nitrogen and oxygen atoms in total. The smallest absolute Gasteiger partial charge is 0.225 e. The number of hydrogen-bond donors (Lipinski definition) is 1. The molecule has 0 spiro atoms. The molecule has 0 aromatic heterocycles. The van der Waals surface area contributed by atoms with Gasteiger partial charge in [-0.25, -0.2) is 0 Å². The summed E-state index contributed by atoms with van der Waals surface area (Å²) >= 11 is 0. The average Bonchev–Trinajstić information content (AvgIpc) is 2.29. The van der Waals surface area contributed by atoms with Gasteiger partial charge in [0, 0.05) is 11.5 Å². The van der Waals surface area contributed by atoms with Crippen molar-refractivity contribution in [2.45, 2.75) is 59.9 Å². The molecule has 2 heteroatoms. The summed E-state index contributed by atoms with van der Waals surface area (Å²) in [4.78, 5) is 11.8. The Hall–Kier alpha value is -0.530. The molecule has 1 saturated carbocycles. The molecule has 1 fully saturated rings. The molecule has 0 bridgehead atoms. The van der Waals surface area contributed by atoms with E-state index >= 15 is 0 Å². The Kier molecular flexibility index (Phi) is 2.93. The van der Waals surface area contributed by atoms with Crippen molar-refractivity contribution in [2.75, 3.05) is 0 Å². The lowest BCUT2D eigenvalue weighted by atomic mass is 9.86. The first-order valence-corrected chi connectivity index (χ1v) is 5.54. The fourth-order valence-corrected chi connectivity index (χ4v) is 1.97. The molecule has 1 rings (SSSR count). The predicted octanol–water partition coefficient (Wildman–Crippen LogP) is 2.73. The number of carbonyl (C=O) groups is 1. The number of hydrogen-bond acceptors (Lipinski definition) is 1. The van der Waals surface area contributed by atoms with Crippen molar-refractivity contribution in [1.29, 1.82) is 0 Å². The van der Waals surface area contributed by atoms with E-state index in [4.69, 9.17) is 0 Å². The molecule has 82 valence electrons. The molecule has 1 aliphatic carbocycles. The molecule has 0 aromatic rings. The monoisotopic (exact) mass is 197 g/mol. The fraction of sp³-hybridized carbons (Fsp3) is 0.917. The van der Waals surface area contributed by atoms with E-state index in [0.29, 0.717) is 6.04 Å². The number of carbonyl (C=O) groups excluding carboxylic acids is 1. The maximum atomic E-state index is 11.8. The van der Waals surface area contributed by atoms with Crippen molar-refractivity contribution < 1.29 is 4.79 Å². The van der Waals surface area contributed by atoms with Crippen LogP contribution in [0.25, 0.3) is 0 Å². The summed E-state index contributed by atoms with van der Waals surface area (Å²) in [6, 6.07) is 0.370. The van der Waals surface area contributed by atoms with Gasteiger partial charge < -0.3 is 5.32 Å². The second-order valence-corrected chi connectivity index (χ2v) is 6.16. The molecule has 14 heavy (non-hydrogen) atoms. The highest BCUT2D eigenvalue weighted by atomic mass is 16.2. The van der Waals surface area contributed by atoms with Crippen LogP contribution in [0.2, 0.25) is 0 Å². The van der Waals surface area contributed by atoms with Gasteiger partial charge in [0.05, 0.1) is 0 Å². The fourth-order valence-electron chi connectivity index (χ4n) is 1.97. The van der Waals surface area contributed by atoms with Crippen LogP contribution in [0, 0.1) is 10.8 Å². The first kappa shape index (κ1) is 11.5. The zero-order valence-corrected chi connectivity index (χ0v) is 10.1. The van der Waals surface area contributed by atoms with Gasteiger partial charge in [-0.3, -0.25) is 4.79 Å². The molecule has 1 unspecified atom stereocenters. The van der Waals surface area contributed by atoms with Gasteiger partial charge in [-0.05, 0) is 18.3 Å². The summed E-state index contributed by atoms with van der Waals surface area (Å²) < 4.78 is 0. The van der Waals surface area contributed by atoms with Crippen molar-refractivity contribution in [3.63, 3.8) is 0 Å². The van der Waals surface area contributed by atoms with Crippen LogP contribution in [0.15, 0.2) is 0 Å². The number of rotatable bonds is 1. The second kappa shape index (κ2) is 3.56. The van der Waals surface area contributed by atoms with Gasteiger partial charge in [-0.2, -0.15) is 0 Å². The van der Waals surface area contributed by atoms with E-state index in [1.165, 1.54) is 12.8 Å². The normalized spacial score (nSPS) is 26.2. The second-order valence-electron chi connectivity index (χ2n) is 6.16. The van der Waals surface area contributed by atoms with Crippen molar-refractivity contribution in [3.8, 4) is 0 Å². The summed E-state index contributed by atoms with van der Waals surface area (Å²) in [5.41, 5.74) is 0.0135. The van der Waals surface area contributed by atoms with Crippen LogP contribution in [0.4, 0.5) is 0 Å². The Labute approximate surface area is 87.5 Å². The minimum absolute atomic E-state index is 0.178. The third kappa shape index (κ3) is 2.49. The molecule has 0 heterocycles. The summed E-state index contributed by atoms with van der Waals surface area (Å²) in [6.45, 7) is 10.4. The maximum absolute atomic E-state index is 11.8. The number of amides is 1. The Morgan fingerprint density at radius 3 is 2.29 bits per heavy atom. The molecule has 1 N–H and O–H groups in total. The van der Waals surface area contributed by atoms with Crippen molar-refractivity contribution in [2.24, 2.45) is 10.8 Å². The van der Waals surface area contributed by atoms with Crippen molar-refractivity contribution in [1.82, 2.24) is 5.32 Å². The van der Waals surface area contributed by atoms with Crippen LogP contribution >= 0.6 is 0 Å². The van der Waals surface area contributed by atoms with Crippen LogP contribution in [0.5, 0.6) is 0 Å². The van der Waals surface area contributed by atoms with Crippen LogP contribution in [-0.2, 0) is 4.79 Å². The highest BCUT2D eigenvalue weighted by Crippen LogP contribution is 2.37. The number of nitrogens with one attached hydrogen (secondary N) is 1. The topological polar surface area (TPSA) is 29.1 Å². The molecule has 1 amide bonds. The lowest BCUT2D eigenvalue weighted by molar-refractivity contribution is -0.129. The summed E-state index contributed by atoms with van der Waals surface area (Å²) in [6.07, 6.45) is 3.60. The van der Waals surface area contributed by atoms with E-state index in [9.17, 15) is 4.79 Å². The Bertz CT molecular complexity index is 225. The lowest BCUT2D eigenvalue weighted by Gasteiger charge is -2.30. The van der Waals surface area contributed by atoms with E-state index in [1.54, 1.807) is 0 Å². The minimum atomic E-state index is -0.265. The summed E-state index contributed by atoms with van der Waals surface area (Å²) in [5.74, 6) is 0.178. The van der Waals surface area contributed by atoms with Crippen LogP contribution in [0.1, 0.15) is 53.9 Å². The predicted molar refractivity (Wildman–Crippen MR) is 59.0 cm³/mol. The van der Waals surface area contributed by atoms with Gasteiger partial charge >= 0.3 is 0 Å². The van der Waals surface area contributed by atoms with E-state index in [1.807, 2.05) is 20.8 Å². The molecule has 0 aromatic carbocycles. The SMILES string of the molecule is CC(C)(C)C(=O)NC1CCCC1(C)C. The van der Waals surface area contributed by atoms with Crippen LogP contribution in [-0.4, -0.2) is 11.9 Å². The van der Waals surface area contributed by atoms with Crippen molar-refractivity contribution in [3.05, 3.63) is 0 Å². The van der Waals surface area contributed by atoms with Crippen molar-refractivity contribution >= 4 is 5.91 Å². The molecule has 0 aliphatic heterocycles. The van der Waals surface area contributed by atoms with E-state index in [0.717, 1.165) is 6.42 Å². The first-order valence-electron chi connectivity index (χ1n) is 5.54. The molecular formula is C12H23NO. The van der Waals surface area contributed by atoms with Gasteiger partial charge in [0.25, 0.3) is 0 Å². The maximum Gasteiger partial charge on any atom is 0.225 e. The van der Waals surface area contributed by atoms with Crippen LogP contribution < -0.4 is 5.32 Å². The third-order valence-electron chi connectivity index (χ3n) is 3.24. The largest absolute Gasteiger partial charge is 0.352 e. The van der Waals surface area contributed by atoms with Gasteiger partial charge in [-0.15, -0.1) is 0 Å². The molecule has 1 atom stereocenters. The van der Waals surface area contributed by atoms with E-state index in [-0.39, 0.29) is 16.7 Å². The summed E-state index contributed by atoms with van der Waals surface area (Å²) in [5, 5.41) is 3.17. The Morgan fingerprint density at radius 2 is 1.93 bits per heavy atom. The minimum Gasteiger partial charge on any atom is -0.352 e. The third-order valence-corrected chi connectivity index (χ3v) is 3.24. The quantitative estimate of drug-likeness (QED) is 0.688. The highest BCUT2D eigenvalue weighted by molar-refractivity contribution is 5.81. The van der Waals surface area contributed by atoms with E-state index < -0.39 is 0 Å². The first-order chi connectivity index (χ1) is 6.23. The Balaban J connectivity index is 2.57. The zero-order chi connectivity index (χ0) is 11.0. The van der Waals surface area contributed by atoms with Gasteiger partial charge in [0.1, 0.15) is 0 Å². The zero-order valence-electron chi connectivity index (χ0n) is 10.1. The average molecular weight is 197 g/mol. The Morgan fingerprint density at radius 1 is 1.36 bits per heavy atom. The van der Waals surface area contributed by atoms with Gasteiger partial charge in [0.15, 0.2) is 0 Å².